The minimum Gasteiger partial charge on any atom is -0.497 e. The lowest BCUT2D eigenvalue weighted by Gasteiger charge is -2.23. The number of thiophene rings is 1. The number of carbonyl (C=O) groups is 2. The number of hydrogen-bond acceptors (Lipinski definition) is 6. The van der Waals surface area contributed by atoms with Crippen molar-refractivity contribution in [2.24, 2.45) is 5.16 Å². The molecule has 3 amide bonds. The van der Waals surface area contributed by atoms with E-state index in [9.17, 15) is 9.59 Å². The number of likely N-dealkylation sites (tertiary alicyclic amines) is 1. The molecule has 1 fully saturated rings. The van der Waals surface area contributed by atoms with Crippen LogP contribution in [0.15, 0.2) is 46.9 Å². The Morgan fingerprint density at radius 3 is 2.86 bits per heavy atom. The Labute approximate surface area is 167 Å². The number of anilines is 1. The number of urea groups is 1. The Hall–Kier alpha value is -3.07. The van der Waals surface area contributed by atoms with Gasteiger partial charge in [-0.15, -0.1) is 11.3 Å². The van der Waals surface area contributed by atoms with Crippen molar-refractivity contribution in [2.45, 2.75) is 19.0 Å². The first-order chi connectivity index (χ1) is 13.6. The number of nitrogens with zero attached hydrogens (tertiary/aromatic N) is 2. The van der Waals surface area contributed by atoms with Gasteiger partial charge in [-0.05, 0) is 23.6 Å². The minimum atomic E-state index is -0.653. The maximum absolute atomic E-state index is 12.8. The molecule has 1 unspecified atom stereocenters. The van der Waals surface area contributed by atoms with Gasteiger partial charge in [-0.25, -0.2) is 4.79 Å². The van der Waals surface area contributed by atoms with Gasteiger partial charge in [-0.2, -0.15) is 0 Å². The Morgan fingerprint density at radius 1 is 1.29 bits per heavy atom. The smallest absolute Gasteiger partial charge is 0.322 e. The average molecular weight is 402 g/mol. The molecule has 9 heteroatoms. The Morgan fingerprint density at radius 2 is 2.14 bits per heavy atom. The third-order valence-corrected chi connectivity index (χ3v) is 5.16. The van der Waals surface area contributed by atoms with Crippen molar-refractivity contribution in [1.29, 1.82) is 0 Å². The molecule has 0 spiro atoms. The molecule has 1 aromatic carbocycles. The molecule has 1 aliphatic heterocycles. The quantitative estimate of drug-likeness (QED) is 0.727. The highest BCUT2D eigenvalue weighted by Crippen LogP contribution is 2.21. The SMILES string of the molecule is CON=C1CC(C(=O)NCc2cccs2)N(C(=O)Nc2cccc(OC)c2)C1. The molecule has 0 aliphatic carbocycles. The Balaban J connectivity index is 1.70. The van der Waals surface area contributed by atoms with Gasteiger partial charge in [-0.1, -0.05) is 17.3 Å². The van der Waals surface area contributed by atoms with Gasteiger partial charge < -0.3 is 25.1 Å². The summed E-state index contributed by atoms with van der Waals surface area (Å²) in [5, 5.41) is 11.6. The number of amides is 3. The lowest BCUT2D eigenvalue weighted by atomic mass is 10.2. The molecular formula is C19H22N4O4S. The third-order valence-electron chi connectivity index (χ3n) is 4.28. The topological polar surface area (TPSA) is 92.3 Å². The van der Waals surface area contributed by atoms with Crippen molar-refractivity contribution < 1.29 is 19.2 Å². The summed E-state index contributed by atoms with van der Waals surface area (Å²) in [6.07, 6.45) is 0.329. The van der Waals surface area contributed by atoms with Gasteiger partial charge in [0, 0.05) is 23.1 Å². The van der Waals surface area contributed by atoms with Crippen LogP contribution in [0, 0.1) is 0 Å². The first-order valence-corrected chi connectivity index (χ1v) is 9.59. The van der Waals surface area contributed by atoms with Crippen molar-refractivity contribution in [2.75, 3.05) is 26.1 Å². The summed E-state index contributed by atoms with van der Waals surface area (Å²) in [5.74, 6) is 0.404. The zero-order valence-corrected chi connectivity index (χ0v) is 16.5. The third kappa shape index (κ3) is 4.80. The van der Waals surface area contributed by atoms with Gasteiger partial charge in [0.25, 0.3) is 0 Å². The van der Waals surface area contributed by atoms with E-state index in [1.807, 2.05) is 17.5 Å². The van der Waals surface area contributed by atoms with Crippen LogP contribution in [-0.4, -0.2) is 49.4 Å². The summed E-state index contributed by atoms with van der Waals surface area (Å²) in [5.41, 5.74) is 1.22. The monoisotopic (exact) mass is 402 g/mol. The second-order valence-electron chi connectivity index (χ2n) is 6.15. The van der Waals surface area contributed by atoms with Crippen LogP contribution in [0.5, 0.6) is 5.75 Å². The number of benzene rings is 1. The fourth-order valence-corrected chi connectivity index (χ4v) is 3.59. The van der Waals surface area contributed by atoms with Crippen molar-refractivity contribution in [1.82, 2.24) is 10.2 Å². The first-order valence-electron chi connectivity index (χ1n) is 8.71. The second kappa shape index (κ2) is 9.23. The summed E-state index contributed by atoms with van der Waals surface area (Å²) >= 11 is 1.57. The predicted molar refractivity (Wildman–Crippen MR) is 108 cm³/mol. The van der Waals surface area contributed by atoms with E-state index < -0.39 is 6.04 Å². The number of ether oxygens (including phenoxy) is 1. The number of rotatable bonds is 6. The van der Waals surface area contributed by atoms with Crippen molar-refractivity contribution >= 4 is 34.7 Å². The van der Waals surface area contributed by atoms with Crippen LogP contribution in [0.3, 0.4) is 0 Å². The molecule has 2 N–H and O–H groups in total. The van der Waals surface area contributed by atoms with Gasteiger partial charge in [0.05, 0.1) is 25.9 Å². The first kappa shape index (κ1) is 19.7. The van der Waals surface area contributed by atoms with Gasteiger partial charge in [-0.3, -0.25) is 4.79 Å². The number of carbonyl (C=O) groups excluding carboxylic acids is 2. The van der Waals surface area contributed by atoms with Crippen LogP contribution in [-0.2, 0) is 16.2 Å². The maximum Gasteiger partial charge on any atom is 0.322 e. The van der Waals surface area contributed by atoms with Crippen molar-refractivity contribution in [3.05, 3.63) is 46.7 Å². The Kier molecular flexibility index (Phi) is 6.49. The molecule has 2 heterocycles. The van der Waals surface area contributed by atoms with E-state index in [1.54, 1.807) is 42.7 Å². The molecule has 1 saturated heterocycles. The van der Waals surface area contributed by atoms with Crippen LogP contribution in [0.2, 0.25) is 0 Å². The fourth-order valence-electron chi connectivity index (χ4n) is 2.95. The van der Waals surface area contributed by atoms with E-state index in [1.165, 1.54) is 12.0 Å². The maximum atomic E-state index is 12.8. The summed E-state index contributed by atoms with van der Waals surface area (Å²) in [7, 11) is 3.00. The zero-order valence-electron chi connectivity index (χ0n) is 15.7. The molecule has 1 aromatic heterocycles. The molecule has 1 atom stereocenters. The van der Waals surface area contributed by atoms with E-state index in [0.717, 1.165) is 4.88 Å². The van der Waals surface area contributed by atoms with Crippen LogP contribution in [0.1, 0.15) is 11.3 Å². The van der Waals surface area contributed by atoms with E-state index in [2.05, 4.69) is 15.8 Å². The van der Waals surface area contributed by atoms with E-state index >= 15 is 0 Å². The standard InChI is InChI=1S/C19H22N4O4S/c1-26-15-6-3-5-13(9-15)21-19(25)23-12-14(22-27-2)10-17(23)18(24)20-11-16-7-4-8-28-16/h3-9,17H,10-12H2,1-2H3,(H,20,24)(H,21,25). The van der Waals surface area contributed by atoms with Crippen LogP contribution in [0.4, 0.5) is 10.5 Å². The highest BCUT2D eigenvalue weighted by Gasteiger charge is 2.38. The predicted octanol–water partition coefficient (Wildman–Crippen LogP) is 2.68. The molecule has 148 valence electrons. The molecule has 3 rings (SSSR count). The van der Waals surface area contributed by atoms with Crippen LogP contribution < -0.4 is 15.4 Å². The summed E-state index contributed by atoms with van der Waals surface area (Å²) in [6.45, 7) is 0.649. The average Bonchev–Trinajstić information content (AvgIpc) is 3.36. The highest BCUT2D eigenvalue weighted by molar-refractivity contribution is 7.09. The van der Waals surface area contributed by atoms with Gasteiger partial charge in [0.2, 0.25) is 5.91 Å². The van der Waals surface area contributed by atoms with Gasteiger partial charge in [0.15, 0.2) is 0 Å². The molecule has 0 bridgehead atoms. The number of methoxy groups -OCH3 is 1. The summed E-state index contributed by atoms with van der Waals surface area (Å²) in [6, 6.07) is 9.88. The van der Waals surface area contributed by atoms with E-state index in [0.29, 0.717) is 30.1 Å². The molecule has 0 saturated carbocycles. The zero-order chi connectivity index (χ0) is 19.9. The fraction of sp³-hybridized carbons (Fsp3) is 0.316. The minimum absolute atomic E-state index is 0.223. The van der Waals surface area contributed by atoms with E-state index in [-0.39, 0.29) is 18.5 Å². The van der Waals surface area contributed by atoms with Gasteiger partial charge in [0.1, 0.15) is 18.9 Å². The molecule has 1 aliphatic rings. The lowest BCUT2D eigenvalue weighted by molar-refractivity contribution is -0.124. The summed E-state index contributed by atoms with van der Waals surface area (Å²) in [4.78, 5) is 32.9. The largest absolute Gasteiger partial charge is 0.497 e. The van der Waals surface area contributed by atoms with Gasteiger partial charge >= 0.3 is 6.03 Å². The normalized spacial score (nSPS) is 17.4. The molecule has 0 radical (unpaired) electrons. The number of nitrogens with one attached hydrogen (secondary N) is 2. The van der Waals surface area contributed by atoms with Crippen LogP contribution >= 0.6 is 11.3 Å². The molecule has 8 nitrogen and oxygen atoms in total. The van der Waals surface area contributed by atoms with E-state index in [4.69, 9.17) is 9.57 Å². The molecule has 28 heavy (non-hydrogen) atoms. The van der Waals surface area contributed by atoms with Crippen molar-refractivity contribution in [3.63, 3.8) is 0 Å². The second-order valence-corrected chi connectivity index (χ2v) is 7.18. The van der Waals surface area contributed by atoms with Crippen LogP contribution in [0.25, 0.3) is 0 Å². The Bertz CT molecular complexity index is 853. The number of oxime groups is 1. The number of hydrogen-bond donors (Lipinski definition) is 2. The molecular weight excluding hydrogens is 380 g/mol. The highest BCUT2D eigenvalue weighted by atomic mass is 32.1. The lowest BCUT2D eigenvalue weighted by Crippen LogP contribution is -2.47. The summed E-state index contributed by atoms with van der Waals surface area (Å²) < 4.78 is 5.17. The van der Waals surface area contributed by atoms with Crippen molar-refractivity contribution in [3.8, 4) is 5.75 Å². The molecule has 2 aromatic rings.